The van der Waals surface area contributed by atoms with Crippen LogP contribution in [0.5, 0.6) is 5.75 Å². The summed E-state index contributed by atoms with van der Waals surface area (Å²) in [6.45, 7) is 3.80. The third kappa shape index (κ3) is 3.71. The number of sulfone groups is 1. The van der Waals surface area contributed by atoms with Crippen LogP contribution in [-0.4, -0.2) is 27.7 Å². The monoisotopic (exact) mass is 333 g/mol. The zero-order valence-electron chi connectivity index (χ0n) is 13.5. The summed E-state index contributed by atoms with van der Waals surface area (Å²) in [7, 11) is -1.68. The van der Waals surface area contributed by atoms with Crippen molar-refractivity contribution in [2.24, 2.45) is 0 Å². The van der Waals surface area contributed by atoms with Crippen molar-refractivity contribution in [1.29, 1.82) is 0 Å². The molecule has 1 N–H and O–H groups in total. The zero-order chi connectivity index (χ0) is 17.2. The topological polar surface area (TPSA) is 72.5 Å². The molecule has 0 saturated heterocycles. The van der Waals surface area contributed by atoms with E-state index in [4.69, 9.17) is 4.74 Å². The molecule has 5 nitrogen and oxygen atoms in total. The number of hydrogen-bond acceptors (Lipinski definition) is 4. The number of carbonyl (C=O) groups excluding carboxylic acids is 1. The Balaban J connectivity index is 2.26. The molecule has 0 spiro atoms. The molecule has 122 valence electrons. The first-order valence-electron chi connectivity index (χ1n) is 6.99. The lowest BCUT2D eigenvalue weighted by atomic mass is 10.1. The number of anilines is 1. The second kappa shape index (κ2) is 6.42. The minimum absolute atomic E-state index is 0.183. The number of carbonyl (C=O) groups is 1. The van der Waals surface area contributed by atoms with Gasteiger partial charge in [-0.05, 0) is 49.7 Å². The summed E-state index contributed by atoms with van der Waals surface area (Å²) in [5.41, 5.74) is 2.87. The highest BCUT2D eigenvalue weighted by Crippen LogP contribution is 2.29. The summed E-state index contributed by atoms with van der Waals surface area (Å²) in [6, 6.07) is 9.52. The second-order valence-corrected chi connectivity index (χ2v) is 7.35. The van der Waals surface area contributed by atoms with Crippen molar-refractivity contribution >= 4 is 21.4 Å². The van der Waals surface area contributed by atoms with E-state index >= 15 is 0 Å². The van der Waals surface area contributed by atoms with Gasteiger partial charge in [0.25, 0.3) is 5.91 Å². The maximum absolute atomic E-state index is 12.3. The van der Waals surface area contributed by atoms with Gasteiger partial charge >= 0.3 is 0 Å². The summed E-state index contributed by atoms with van der Waals surface area (Å²) >= 11 is 0. The SMILES string of the molecule is COc1c(C)ccc(NC(=O)c2ccc(S(C)(=O)=O)cc2)c1C. The van der Waals surface area contributed by atoms with E-state index in [1.54, 1.807) is 7.11 Å². The normalized spacial score (nSPS) is 11.1. The van der Waals surface area contributed by atoms with E-state index < -0.39 is 9.84 Å². The van der Waals surface area contributed by atoms with Crippen molar-refractivity contribution in [3.63, 3.8) is 0 Å². The fourth-order valence-electron chi connectivity index (χ4n) is 2.32. The summed E-state index contributed by atoms with van der Waals surface area (Å²) in [5, 5.41) is 2.82. The van der Waals surface area contributed by atoms with Gasteiger partial charge < -0.3 is 10.1 Å². The second-order valence-electron chi connectivity index (χ2n) is 5.34. The van der Waals surface area contributed by atoms with Crippen LogP contribution in [0.25, 0.3) is 0 Å². The predicted octanol–water partition coefficient (Wildman–Crippen LogP) is 2.97. The van der Waals surface area contributed by atoms with Crippen LogP contribution in [-0.2, 0) is 9.84 Å². The highest BCUT2D eigenvalue weighted by molar-refractivity contribution is 7.90. The van der Waals surface area contributed by atoms with Gasteiger partial charge in [-0.3, -0.25) is 4.79 Å². The van der Waals surface area contributed by atoms with Crippen LogP contribution in [0.3, 0.4) is 0 Å². The molecule has 2 aromatic carbocycles. The zero-order valence-corrected chi connectivity index (χ0v) is 14.3. The van der Waals surface area contributed by atoms with Crippen LogP contribution in [0.2, 0.25) is 0 Å². The number of benzene rings is 2. The van der Waals surface area contributed by atoms with Gasteiger partial charge in [-0.15, -0.1) is 0 Å². The number of ether oxygens (including phenoxy) is 1. The summed E-state index contributed by atoms with van der Waals surface area (Å²) in [5.74, 6) is 0.425. The van der Waals surface area contributed by atoms with Crippen molar-refractivity contribution in [3.05, 3.63) is 53.1 Å². The molecule has 0 unspecified atom stereocenters. The lowest BCUT2D eigenvalue weighted by Gasteiger charge is -2.14. The summed E-state index contributed by atoms with van der Waals surface area (Å²) in [6.07, 6.45) is 1.13. The molecule has 0 fully saturated rings. The minimum atomic E-state index is -3.27. The molecule has 0 atom stereocenters. The average molecular weight is 333 g/mol. The van der Waals surface area contributed by atoms with E-state index in [-0.39, 0.29) is 10.8 Å². The lowest BCUT2D eigenvalue weighted by molar-refractivity contribution is 0.102. The number of aryl methyl sites for hydroxylation is 1. The maximum atomic E-state index is 12.3. The molecular formula is C17H19NO4S. The first-order valence-corrected chi connectivity index (χ1v) is 8.89. The quantitative estimate of drug-likeness (QED) is 0.933. The van der Waals surface area contributed by atoms with Gasteiger partial charge in [0.15, 0.2) is 9.84 Å². The van der Waals surface area contributed by atoms with Crippen molar-refractivity contribution in [2.45, 2.75) is 18.7 Å². The van der Waals surface area contributed by atoms with E-state index in [2.05, 4.69) is 5.32 Å². The summed E-state index contributed by atoms with van der Waals surface area (Å²) < 4.78 is 28.2. The van der Waals surface area contributed by atoms with E-state index in [0.29, 0.717) is 11.3 Å². The van der Waals surface area contributed by atoms with E-state index in [0.717, 1.165) is 23.1 Å². The highest BCUT2D eigenvalue weighted by atomic mass is 32.2. The minimum Gasteiger partial charge on any atom is -0.496 e. The molecule has 1 amide bonds. The molecule has 0 radical (unpaired) electrons. The van der Waals surface area contributed by atoms with Gasteiger partial charge in [0.1, 0.15) is 5.75 Å². The van der Waals surface area contributed by atoms with Crippen LogP contribution >= 0.6 is 0 Å². The number of hydrogen-bond donors (Lipinski definition) is 1. The standard InChI is InChI=1S/C17H19NO4S/c1-11-5-10-15(12(2)16(11)22-3)18-17(19)13-6-8-14(9-7-13)23(4,20)21/h5-10H,1-4H3,(H,18,19). The van der Waals surface area contributed by atoms with Gasteiger partial charge in [0.2, 0.25) is 0 Å². The molecule has 6 heteroatoms. The summed E-state index contributed by atoms with van der Waals surface area (Å²) in [4.78, 5) is 12.5. The van der Waals surface area contributed by atoms with Crippen molar-refractivity contribution < 1.29 is 17.9 Å². The van der Waals surface area contributed by atoms with Crippen LogP contribution < -0.4 is 10.1 Å². The Morgan fingerprint density at radius 1 is 1.04 bits per heavy atom. The Morgan fingerprint density at radius 3 is 2.17 bits per heavy atom. The van der Waals surface area contributed by atoms with E-state index in [1.165, 1.54) is 24.3 Å². The third-order valence-electron chi connectivity index (χ3n) is 3.60. The lowest BCUT2D eigenvalue weighted by Crippen LogP contribution is -2.13. The van der Waals surface area contributed by atoms with Crippen LogP contribution in [0.1, 0.15) is 21.5 Å². The molecule has 0 aliphatic rings. The molecular weight excluding hydrogens is 314 g/mol. The Bertz CT molecular complexity index is 840. The largest absolute Gasteiger partial charge is 0.496 e. The average Bonchev–Trinajstić information content (AvgIpc) is 2.50. The van der Waals surface area contributed by atoms with Gasteiger partial charge in [-0.2, -0.15) is 0 Å². The highest BCUT2D eigenvalue weighted by Gasteiger charge is 2.13. The van der Waals surface area contributed by atoms with Gasteiger partial charge in [0, 0.05) is 23.1 Å². The molecule has 2 aromatic rings. The molecule has 0 heterocycles. The Morgan fingerprint density at radius 2 is 1.65 bits per heavy atom. The molecule has 0 aromatic heterocycles. The number of methoxy groups -OCH3 is 1. The smallest absolute Gasteiger partial charge is 0.255 e. The maximum Gasteiger partial charge on any atom is 0.255 e. The Kier molecular flexibility index (Phi) is 4.75. The fraction of sp³-hybridized carbons (Fsp3) is 0.235. The fourth-order valence-corrected chi connectivity index (χ4v) is 2.96. The molecule has 0 aliphatic carbocycles. The first-order chi connectivity index (χ1) is 10.7. The van der Waals surface area contributed by atoms with E-state index in [1.807, 2.05) is 26.0 Å². The number of amides is 1. The first kappa shape index (κ1) is 17.0. The molecule has 0 saturated carbocycles. The Hall–Kier alpha value is -2.34. The van der Waals surface area contributed by atoms with Crippen molar-refractivity contribution in [1.82, 2.24) is 0 Å². The van der Waals surface area contributed by atoms with Crippen molar-refractivity contribution in [3.8, 4) is 5.75 Å². The van der Waals surface area contributed by atoms with Crippen molar-refractivity contribution in [2.75, 3.05) is 18.7 Å². The third-order valence-corrected chi connectivity index (χ3v) is 4.73. The van der Waals surface area contributed by atoms with E-state index in [9.17, 15) is 13.2 Å². The number of nitrogens with one attached hydrogen (secondary N) is 1. The molecule has 0 aliphatic heterocycles. The molecule has 23 heavy (non-hydrogen) atoms. The predicted molar refractivity (Wildman–Crippen MR) is 90.0 cm³/mol. The van der Waals surface area contributed by atoms with Crippen LogP contribution in [0.4, 0.5) is 5.69 Å². The van der Waals surface area contributed by atoms with Crippen LogP contribution in [0.15, 0.2) is 41.3 Å². The Labute approximate surface area is 136 Å². The van der Waals surface area contributed by atoms with Gasteiger partial charge in [-0.1, -0.05) is 6.07 Å². The molecule has 0 bridgehead atoms. The van der Waals surface area contributed by atoms with Gasteiger partial charge in [-0.25, -0.2) is 8.42 Å². The van der Waals surface area contributed by atoms with Gasteiger partial charge in [0.05, 0.1) is 12.0 Å². The van der Waals surface area contributed by atoms with Crippen LogP contribution in [0, 0.1) is 13.8 Å². The number of rotatable bonds is 4. The molecule has 2 rings (SSSR count).